The van der Waals surface area contributed by atoms with Crippen LogP contribution in [-0.2, 0) is 15.1 Å². The van der Waals surface area contributed by atoms with Gasteiger partial charge >= 0.3 is 0 Å². The Bertz CT molecular complexity index is 685. The van der Waals surface area contributed by atoms with E-state index in [1.807, 2.05) is 18.2 Å². The summed E-state index contributed by atoms with van der Waals surface area (Å²) in [5, 5.41) is 39.6. The van der Waals surface area contributed by atoms with Crippen molar-refractivity contribution in [3.8, 4) is 5.75 Å². The lowest BCUT2D eigenvalue weighted by atomic mass is 9.71. The summed E-state index contributed by atoms with van der Waals surface area (Å²) in [6.07, 6.45) is -2.32. The number of aliphatic hydroxyl groups excluding tert-OH is 4. The highest BCUT2D eigenvalue weighted by atomic mass is 16.7. The molecule has 7 atom stereocenters. The minimum atomic E-state index is -1.47. The van der Waals surface area contributed by atoms with Gasteiger partial charge in [-0.3, -0.25) is 0 Å². The first-order valence-corrected chi connectivity index (χ1v) is 10.6. The molecule has 3 rings (SSSR count). The monoisotopic (exact) mass is 425 g/mol. The molecule has 2 fully saturated rings. The molecule has 1 heterocycles. The molecule has 0 bridgehead atoms. The van der Waals surface area contributed by atoms with Crippen LogP contribution in [0.3, 0.4) is 0 Å². The Balaban J connectivity index is 1.84. The van der Waals surface area contributed by atoms with Crippen molar-refractivity contribution < 1.29 is 34.6 Å². The summed E-state index contributed by atoms with van der Waals surface area (Å²) >= 11 is 0. The van der Waals surface area contributed by atoms with E-state index in [1.165, 1.54) is 6.42 Å². The van der Waals surface area contributed by atoms with Crippen molar-refractivity contribution in [2.75, 3.05) is 34.4 Å². The first kappa shape index (κ1) is 23.4. The second-order valence-corrected chi connectivity index (χ2v) is 8.64. The fourth-order valence-electron chi connectivity index (χ4n) is 4.79. The third-order valence-electron chi connectivity index (χ3n) is 6.38. The van der Waals surface area contributed by atoms with Gasteiger partial charge in [-0.15, -0.1) is 0 Å². The van der Waals surface area contributed by atoms with Gasteiger partial charge in [0.1, 0.15) is 30.2 Å². The molecule has 1 saturated heterocycles. The molecule has 8 nitrogen and oxygen atoms in total. The van der Waals surface area contributed by atoms with Crippen LogP contribution in [0.15, 0.2) is 24.3 Å². The predicted molar refractivity (Wildman–Crippen MR) is 110 cm³/mol. The van der Waals surface area contributed by atoms with E-state index < -0.39 is 42.9 Å². The summed E-state index contributed by atoms with van der Waals surface area (Å²) < 4.78 is 17.5. The van der Waals surface area contributed by atoms with Crippen LogP contribution in [0.2, 0.25) is 0 Å². The second kappa shape index (κ2) is 9.91. The third kappa shape index (κ3) is 4.65. The van der Waals surface area contributed by atoms with Gasteiger partial charge < -0.3 is 39.5 Å². The summed E-state index contributed by atoms with van der Waals surface area (Å²) in [4.78, 5) is 2.18. The van der Waals surface area contributed by atoms with Gasteiger partial charge in [0.25, 0.3) is 0 Å². The van der Waals surface area contributed by atoms with E-state index in [9.17, 15) is 20.4 Å². The van der Waals surface area contributed by atoms with E-state index in [1.54, 1.807) is 13.2 Å². The van der Waals surface area contributed by atoms with Gasteiger partial charge in [-0.05, 0) is 44.6 Å². The number of nitrogens with zero attached hydrogens (tertiary/aromatic N) is 1. The van der Waals surface area contributed by atoms with Crippen LogP contribution in [0.1, 0.15) is 31.2 Å². The minimum Gasteiger partial charge on any atom is -0.462 e. The maximum absolute atomic E-state index is 10.3. The van der Waals surface area contributed by atoms with Gasteiger partial charge in [-0.1, -0.05) is 25.0 Å². The Morgan fingerprint density at radius 1 is 1.13 bits per heavy atom. The molecule has 30 heavy (non-hydrogen) atoms. The van der Waals surface area contributed by atoms with Crippen LogP contribution in [0.5, 0.6) is 5.75 Å². The van der Waals surface area contributed by atoms with E-state index in [-0.39, 0.29) is 0 Å². The smallest absolute Gasteiger partial charge is 0.229 e. The Morgan fingerprint density at radius 2 is 1.90 bits per heavy atom. The third-order valence-corrected chi connectivity index (χ3v) is 6.38. The van der Waals surface area contributed by atoms with Crippen molar-refractivity contribution in [3.05, 3.63) is 29.8 Å². The van der Waals surface area contributed by atoms with Crippen LogP contribution < -0.4 is 4.74 Å². The highest BCUT2D eigenvalue weighted by Gasteiger charge is 2.45. The van der Waals surface area contributed by atoms with Gasteiger partial charge in [-0.25, -0.2) is 0 Å². The highest BCUT2D eigenvalue weighted by Crippen LogP contribution is 2.45. The molecule has 1 aromatic rings. The topological polar surface area (TPSA) is 112 Å². The van der Waals surface area contributed by atoms with Crippen molar-refractivity contribution in [1.82, 2.24) is 4.90 Å². The van der Waals surface area contributed by atoms with Crippen molar-refractivity contribution in [1.29, 1.82) is 0 Å². The van der Waals surface area contributed by atoms with Crippen molar-refractivity contribution in [2.45, 2.75) is 62.0 Å². The molecule has 4 N–H and O–H groups in total. The molecule has 1 aliphatic carbocycles. The molecule has 3 unspecified atom stereocenters. The van der Waals surface area contributed by atoms with E-state index in [0.717, 1.165) is 31.4 Å². The van der Waals surface area contributed by atoms with Gasteiger partial charge in [0.05, 0.1) is 12.2 Å². The fourth-order valence-corrected chi connectivity index (χ4v) is 4.79. The average molecular weight is 426 g/mol. The van der Waals surface area contributed by atoms with Crippen LogP contribution in [0, 0.1) is 5.92 Å². The molecule has 1 aliphatic heterocycles. The molecule has 0 radical (unpaired) electrons. The van der Waals surface area contributed by atoms with E-state index in [2.05, 4.69) is 19.0 Å². The number of methoxy groups -OCH3 is 1. The molecule has 170 valence electrons. The van der Waals surface area contributed by atoms with Gasteiger partial charge in [0.15, 0.2) is 0 Å². The normalized spacial score (nSPS) is 37.3. The number of hydrogen-bond acceptors (Lipinski definition) is 8. The van der Waals surface area contributed by atoms with Crippen LogP contribution >= 0.6 is 0 Å². The number of hydrogen-bond donors (Lipinski definition) is 4. The maximum Gasteiger partial charge on any atom is 0.229 e. The largest absolute Gasteiger partial charge is 0.462 e. The number of rotatable bonds is 7. The van der Waals surface area contributed by atoms with Crippen LogP contribution in [-0.4, -0.2) is 90.4 Å². The Hall–Kier alpha value is -1.26. The van der Waals surface area contributed by atoms with Crippen LogP contribution in [0.4, 0.5) is 0 Å². The van der Waals surface area contributed by atoms with E-state index in [4.69, 9.17) is 14.2 Å². The zero-order valence-corrected chi connectivity index (χ0v) is 18.0. The summed E-state index contributed by atoms with van der Waals surface area (Å²) in [7, 11) is 5.88. The zero-order chi connectivity index (χ0) is 21.9. The molecule has 0 amide bonds. The lowest BCUT2D eigenvalue weighted by molar-refractivity contribution is -0.277. The molecular formula is C22H35NO7. The Morgan fingerprint density at radius 3 is 2.57 bits per heavy atom. The van der Waals surface area contributed by atoms with Gasteiger partial charge in [0, 0.05) is 19.6 Å². The van der Waals surface area contributed by atoms with Crippen LogP contribution in [0.25, 0.3) is 0 Å². The SMILES string of the molecule is CO[C@]1(c2cccc(O[C@H]3OC(CO)[C@@H](O)C(O)C3O)c2)CCCC[C@@H]1CN(C)C. The van der Waals surface area contributed by atoms with Crippen molar-refractivity contribution in [3.63, 3.8) is 0 Å². The Labute approximate surface area is 178 Å². The Kier molecular flexibility index (Phi) is 7.73. The second-order valence-electron chi connectivity index (χ2n) is 8.64. The first-order valence-electron chi connectivity index (χ1n) is 10.6. The summed E-state index contributed by atoms with van der Waals surface area (Å²) in [6, 6.07) is 7.53. The summed E-state index contributed by atoms with van der Waals surface area (Å²) in [6.45, 7) is 0.412. The molecule has 1 aromatic carbocycles. The maximum atomic E-state index is 10.3. The van der Waals surface area contributed by atoms with Gasteiger partial charge in [0.2, 0.25) is 6.29 Å². The molecule has 0 aromatic heterocycles. The number of ether oxygens (including phenoxy) is 3. The van der Waals surface area contributed by atoms with Crippen molar-refractivity contribution in [2.24, 2.45) is 5.92 Å². The molecule has 1 saturated carbocycles. The fraction of sp³-hybridized carbons (Fsp3) is 0.727. The lowest BCUT2D eigenvalue weighted by Crippen LogP contribution is -2.60. The minimum absolute atomic E-state index is 0.328. The number of aliphatic hydroxyl groups is 4. The standard InChI is InChI=1S/C22H35NO7/c1-23(2)12-15-7-4-5-10-22(15,28-3)14-8-6-9-16(11-14)29-21-20(27)19(26)18(25)17(13-24)30-21/h6,8-9,11,15,17-21,24-27H,4-5,7,10,12-13H2,1-3H3/t15-,17?,18-,19?,20?,21+,22+/m1/s1. The summed E-state index contributed by atoms with van der Waals surface area (Å²) in [5.41, 5.74) is 0.565. The highest BCUT2D eigenvalue weighted by molar-refractivity contribution is 5.34. The lowest BCUT2D eigenvalue weighted by Gasteiger charge is -2.45. The van der Waals surface area contributed by atoms with Gasteiger partial charge in [-0.2, -0.15) is 0 Å². The number of benzene rings is 1. The molecule has 0 spiro atoms. The molecular weight excluding hydrogens is 390 g/mol. The molecule has 2 aliphatic rings. The quantitative estimate of drug-likeness (QED) is 0.499. The average Bonchev–Trinajstić information content (AvgIpc) is 2.74. The first-order chi connectivity index (χ1) is 14.3. The van der Waals surface area contributed by atoms with E-state index >= 15 is 0 Å². The predicted octanol–water partition coefficient (Wildman–Crippen LogP) is 0.459. The molecule has 8 heteroatoms. The van der Waals surface area contributed by atoms with Crippen molar-refractivity contribution >= 4 is 0 Å². The zero-order valence-electron chi connectivity index (χ0n) is 18.0. The summed E-state index contributed by atoms with van der Waals surface area (Å²) in [5.74, 6) is 0.788. The van der Waals surface area contributed by atoms with E-state index in [0.29, 0.717) is 11.7 Å².